The molecule has 0 spiro atoms. The molecule has 1 saturated heterocycles. The van der Waals surface area contributed by atoms with Gasteiger partial charge in [0, 0.05) is 25.7 Å². The Bertz CT molecular complexity index is 243. The third kappa shape index (κ3) is 2.27. The highest BCUT2D eigenvalue weighted by Crippen LogP contribution is 2.09. The van der Waals surface area contributed by atoms with E-state index < -0.39 is 12.2 Å². The predicted molar refractivity (Wildman–Crippen MR) is 48.4 cm³/mol. The van der Waals surface area contributed by atoms with E-state index in [0.29, 0.717) is 19.5 Å². The molecule has 0 bridgehead atoms. The topological polar surface area (TPSA) is 81.1 Å². The normalized spacial score (nSPS) is 23.1. The maximum atomic E-state index is 10.8. The van der Waals surface area contributed by atoms with Crippen LogP contribution in [0.3, 0.4) is 0 Å². The van der Waals surface area contributed by atoms with Gasteiger partial charge in [-0.1, -0.05) is 0 Å². The SMILES string of the molecule is C[C@H]1CN(C(=O)O)CCCN1C(=O)O. The lowest BCUT2D eigenvalue weighted by atomic mass is 10.3. The number of amides is 2. The van der Waals surface area contributed by atoms with Crippen LogP contribution in [0.1, 0.15) is 13.3 Å². The second-order valence-corrected chi connectivity index (χ2v) is 3.41. The zero-order valence-electron chi connectivity index (χ0n) is 8.01. The van der Waals surface area contributed by atoms with Crippen LogP contribution >= 0.6 is 0 Å². The molecule has 80 valence electrons. The van der Waals surface area contributed by atoms with E-state index in [4.69, 9.17) is 10.2 Å². The minimum absolute atomic E-state index is 0.252. The highest BCUT2D eigenvalue weighted by molar-refractivity contribution is 5.67. The van der Waals surface area contributed by atoms with Crippen molar-refractivity contribution in [3.63, 3.8) is 0 Å². The molecule has 1 rings (SSSR count). The van der Waals surface area contributed by atoms with E-state index >= 15 is 0 Å². The quantitative estimate of drug-likeness (QED) is 0.607. The van der Waals surface area contributed by atoms with Crippen molar-refractivity contribution in [1.29, 1.82) is 0 Å². The zero-order chi connectivity index (χ0) is 10.7. The summed E-state index contributed by atoms with van der Waals surface area (Å²) >= 11 is 0. The molecule has 1 atom stereocenters. The van der Waals surface area contributed by atoms with Crippen LogP contribution in [0.5, 0.6) is 0 Å². The van der Waals surface area contributed by atoms with Crippen molar-refractivity contribution < 1.29 is 19.8 Å². The lowest BCUT2D eigenvalue weighted by molar-refractivity contribution is 0.119. The highest BCUT2D eigenvalue weighted by Gasteiger charge is 2.26. The molecule has 14 heavy (non-hydrogen) atoms. The smallest absolute Gasteiger partial charge is 0.407 e. The number of rotatable bonds is 0. The molecule has 0 saturated carbocycles. The van der Waals surface area contributed by atoms with Crippen LogP contribution in [-0.2, 0) is 0 Å². The van der Waals surface area contributed by atoms with Crippen LogP contribution in [0.2, 0.25) is 0 Å². The van der Waals surface area contributed by atoms with Crippen molar-refractivity contribution in [2.45, 2.75) is 19.4 Å². The monoisotopic (exact) mass is 202 g/mol. The second-order valence-electron chi connectivity index (χ2n) is 3.41. The van der Waals surface area contributed by atoms with Crippen LogP contribution in [0.15, 0.2) is 0 Å². The molecule has 0 aromatic carbocycles. The molecule has 2 amide bonds. The Labute approximate surface area is 81.7 Å². The molecule has 6 nitrogen and oxygen atoms in total. The summed E-state index contributed by atoms with van der Waals surface area (Å²) in [5, 5.41) is 17.6. The molecule has 2 N–H and O–H groups in total. The van der Waals surface area contributed by atoms with Gasteiger partial charge in [0.05, 0.1) is 0 Å². The fourth-order valence-electron chi connectivity index (χ4n) is 1.62. The van der Waals surface area contributed by atoms with Crippen LogP contribution in [0.25, 0.3) is 0 Å². The van der Waals surface area contributed by atoms with Gasteiger partial charge in [0.15, 0.2) is 0 Å². The van der Waals surface area contributed by atoms with Crippen molar-refractivity contribution in [3.05, 3.63) is 0 Å². The minimum atomic E-state index is -0.982. The van der Waals surface area contributed by atoms with E-state index in [1.165, 1.54) is 9.80 Å². The van der Waals surface area contributed by atoms with E-state index in [9.17, 15) is 9.59 Å². The third-order valence-electron chi connectivity index (χ3n) is 2.36. The van der Waals surface area contributed by atoms with Crippen molar-refractivity contribution >= 4 is 12.2 Å². The van der Waals surface area contributed by atoms with Gasteiger partial charge in [-0.05, 0) is 13.3 Å². The number of carbonyl (C=O) groups is 2. The van der Waals surface area contributed by atoms with E-state index in [2.05, 4.69) is 0 Å². The Balaban J connectivity index is 2.65. The second kappa shape index (κ2) is 4.17. The molecule has 0 unspecified atom stereocenters. The molecule has 0 aromatic rings. The average molecular weight is 202 g/mol. The Morgan fingerprint density at radius 2 is 1.86 bits per heavy atom. The van der Waals surface area contributed by atoms with Crippen molar-refractivity contribution in [3.8, 4) is 0 Å². The first kappa shape index (κ1) is 10.6. The molecule has 1 heterocycles. The summed E-state index contributed by atoms with van der Waals surface area (Å²) in [7, 11) is 0. The van der Waals surface area contributed by atoms with E-state index in [-0.39, 0.29) is 12.6 Å². The fourth-order valence-corrected chi connectivity index (χ4v) is 1.62. The standard InChI is InChI=1S/C8H14N2O4/c1-6-5-9(7(11)12)3-2-4-10(6)8(13)14/h6H,2-5H2,1H3,(H,11,12)(H,13,14)/t6-/m0/s1. The van der Waals surface area contributed by atoms with E-state index in [1.807, 2.05) is 0 Å². The summed E-state index contributed by atoms with van der Waals surface area (Å²) in [6.45, 7) is 2.78. The molecule has 1 aliphatic rings. The Kier molecular flexibility index (Phi) is 3.16. The predicted octanol–water partition coefficient (Wildman–Crippen LogP) is 0.739. The molecule has 1 aliphatic heterocycles. The van der Waals surface area contributed by atoms with Gasteiger partial charge in [-0.3, -0.25) is 0 Å². The summed E-state index contributed by atoms with van der Waals surface area (Å²) < 4.78 is 0. The molecule has 6 heteroatoms. The highest BCUT2D eigenvalue weighted by atomic mass is 16.4. The van der Waals surface area contributed by atoms with Gasteiger partial charge in [-0.25, -0.2) is 9.59 Å². The minimum Gasteiger partial charge on any atom is -0.465 e. The summed E-state index contributed by atoms with van der Waals surface area (Å²) in [6, 6.07) is -0.272. The number of hydrogen-bond donors (Lipinski definition) is 2. The Hall–Kier alpha value is -1.46. The summed E-state index contributed by atoms with van der Waals surface area (Å²) in [5.74, 6) is 0. The fraction of sp³-hybridized carbons (Fsp3) is 0.750. The third-order valence-corrected chi connectivity index (χ3v) is 2.36. The molecule has 0 aromatic heterocycles. The van der Waals surface area contributed by atoms with Crippen LogP contribution in [0, 0.1) is 0 Å². The van der Waals surface area contributed by atoms with Gasteiger partial charge in [-0.2, -0.15) is 0 Å². The molecular weight excluding hydrogens is 188 g/mol. The number of carboxylic acid groups (broad SMARTS) is 2. The van der Waals surface area contributed by atoms with Crippen LogP contribution < -0.4 is 0 Å². The van der Waals surface area contributed by atoms with Gasteiger partial charge >= 0.3 is 12.2 Å². The molecule has 1 fully saturated rings. The van der Waals surface area contributed by atoms with Gasteiger partial charge < -0.3 is 20.0 Å². The summed E-state index contributed by atoms with van der Waals surface area (Å²) in [4.78, 5) is 24.0. The first-order valence-corrected chi connectivity index (χ1v) is 4.50. The van der Waals surface area contributed by atoms with Gasteiger partial charge in [0.2, 0.25) is 0 Å². The lowest BCUT2D eigenvalue weighted by Gasteiger charge is -2.25. The first-order valence-electron chi connectivity index (χ1n) is 4.50. The summed E-state index contributed by atoms with van der Waals surface area (Å²) in [5.41, 5.74) is 0. The number of hydrogen-bond acceptors (Lipinski definition) is 2. The first-order chi connectivity index (χ1) is 6.52. The molecular formula is C8H14N2O4. The van der Waals surface area contributed by atoms with E-state index in [0.717, 1.165) is 0 Å². The van der Waals surface area contributed by atoms with Crippen molar-refractivity contribution in [2.75, 3.05) is 19.6 Å². The molecule has 0 radical (unpaired) electrons. The van der Waals surface area contributed by atoms with Crippen molar-refractivity contribution in [1.82, 2.24) is 9.80 Å². The van der Waals surface area contributed by atoms with Gasteiger partial charge in [0.1, 0.15) is 0 Å². The van der Waals surface area contributed by atoms with E-state index in [1.54, 1.807) is 6.92 Å². The lowest BCUT2D eigenvalue weighted by Crippen LogP contribution is -2.43. The van der Waals surface area contributed by atoms with Crippen molar-refractivity contribution in [2.24, 2.45) is 0 Å². The Morgan fingerprint density at radius 1 is 1.21 bits per heavy atom. The maximum absolute atomic E-state index is 10.8. The Morgan fingerprint density at radius 3 is 2.36 bits per heavy atom. The van der Waals surface area contributed by atoms with Gasteiger partial charge in [0.25, 0.3) is 0 Å². The summed E-state index contributed by atoms with van der Waals surface area (Å²) in [6.07, 6.45) is -1.41. The maximum Gasteiger partial charge on any atom is 0.407 e. The largest absolute Gasteiger partial charge is 0.465 e. The van der Waals surface area contributed by atoms with Gasteiger partial charge in [-0.15, -0.1) is 0 Å². The molecule has 0 aliphatic carbocycles. The average Bonchev–Trinajstić information content (AvgIpc) is 2.26. The number of nitrogens with zero attached hydrogens (tertiary/aromatic N) is 2. The van der Waals surface area contributed by atoms with Crippen LogP contribution in [-0.4, -0.2) is 57.9 Å². The van der Waals surface area contributed by atoms with Crippen LogP contribution in [0.4, 0.5) is 9.59 Å². The zero-order valence-corrected chi connectivity index (χ0v) is 8.01.